The summed E-state index contributed by atoms with van der Waals surface area (Å²) in [6.45, 7) is 9.90. The van der Waals surface area contributed by atoms with Crippen LogP contribution in [0, 0.1) is 5.92 Å². The van der Waals surface area contributed by atoms with Crippen LogP contribution in [-0.4, -0.2) is 71.3 Å². The second kappa shape index (κ2) is 7.42. The molecule has 3 aliphatic heterocycles. The molecule has 0 saturated carbocycles. The smallest absolute Gasteiger partial charge is 0.242 e. The second-order valence-electron chi connectivity index (χ2n) is 8.34. The summed E-state index contributed by atoms with van der Waals surface area (Å²) >= 11 is 0. The topological polar surface area (TPSA) is 43.9 Å². The summed E-state index contributed by atoms with van der Waals surface area (Å²) in [5.74, 6) is 1.03. The molecule has 0 radical (unpaired) electrons. The van der Waals surface area contributed by atoms with Crippen molar-refractivity contribution >= 4 is 11.8 Å². The Morgan fingerprint density at radius 2 is 1.79 bits per heavy atom. The maximum Gasteiger partial charge on any atom is 0.242 e. The van der Waals surface area contributed by atoms with E-state index in [9.17, 15) is 9.59 Å². The average molecular weight is 335 g/mol. The molecule has 0 N–H and O–H groups in total. The van der Waals surface area contributed by atoms with Crippen LogP contribution >= 0.6 is 0 Å². The normalized spacial score (nSPS) is 29.0. The standard InChI is InChI=1S/C19H33N3O2/c1-16(2)14-20-10-5-7-19(9-13-20)8-6-17(23)22(19)15-18(24)21-11-3-4-12-21/h16H,3-15H2,1-2H3. The third kappa shape index (κ3) is 3.76. The van der Waals surface area contributed by atoms with Gasteiger partial charge in [-0.3, -0.25) is 9.59 Å². The van der Waals surface area contributed by atoms with Crippen molar-refractivity contribution < 1.29 is 9.59 Å². The third-order valence-electron chi connectivity index (χ3n) is 6.06. The van der Waals surface area contributed by atoms with Crippen LogP contribution in [-0.2, 0) is 9.59 Å². The highest BCUT2D eigenvalue weighted by atomic mass is 16.2. The zero-order valence-corrected chi connectivity index (χ0v) is 15.4. The Labute approximate surface area is 146 Å². The van der Waals surface area contributed by atoms with Crippen LogP contribution in [0.2, 0.25) is 0 Å². The van der Waals surface area contributed by atoms with E-state index in [0.717, 1.165) is 71.2 Å². The SMILES string of the molecule is CC(C)CN1CCCC2(CCC(=O)N2CC(=O)N2CCCC2)CC1. The van der Waals surface area contributed by atoms with Gasteiger partial charge in [-0.05, 0) is 51.0 Å². The van der Waals surface area contributed by atoms with Crippen molar-refractivity contribution in [2.24, 2.45) is 5.92 Å². The highest BCUT2D eigenvalue weighted by Gasteiger charge is 2.46. The van der Waals surface area contributed by atoms with Crippen molar-refractivity contribution in [3.8, 4) is 0 Å². The predicted octanol–water partition coefficient (Wildman–Crippen LogP) is 2.11. The Kier molecular flexibility index (Phi) is 5.48. The van der Waals surface area contributed by atoms with Crippen molar-refractivity contribution in [2.45, 2.75) is 64.3 Å². The van der Waals surface area contributed by atoms with Gasteiger partial charge < -0.3 is 14.7 Å². The van der Waals surface area contributed by atoms with Crippen LogP contribution < -0.4 is 0 Å². The maximum atomic E-state index is 12.6. The van der Waals surface area contributed by atoms with Gasteiger partial charge in [-0.25, -0.2) is 0 Å². The molecule has 5 heteroatoms. The molecule has 5 nitrogen and oxygen atoms in total. The molecule has 3 saturated heterocycles. The minimum Gasteiger partial charge on any atom is -0.341 e. The molecule has 24 heavy (non-hydrogen) atoms. The van der Waals surface area contributed by atoms with E-state index in [0.29, 0.717) is 18.9 Å². The summed E-state index contributed by atoms with van der Waals surface area (Å²) in [6.07, 6.45) is 6.99. The van der Waals surface area contributed by atoms with Crippen LogP contribution in [0.15, 0.2) is 0 Å². The maximum absolute atomic E-state index is 12.6. The minimum absolute atomic E-state index is 0.0573. The molecular formula is C19H33N3O2. The minimum atomic E-state index is -0.0573. The van der Waals surface area contributed by atoms with E-state index >= 15 is 0 Å². The van der Waals surface area contributed by atoms with Crippen LogP contribution in [0.25, 0.3) is 0 Å². The fraction of sp³-hybridized carbons (Fsp3) is 0.895. The number of amides is 2. The fourth-order valence-electron chi connectivity index (χ4n) is 4.79. The molecular weight excluding hydrogens is 302 g/mol. The number of hydrogen-bond donors (Lipinski definition) is 0. The van der Waals surface area contributed by atoms with E-state index in [-0.39, 0.29) is 17.4 Å². The lowest BCUT2D eigenvalue weighted by Crippen LogP contribution is -2.51. The van der Waals surface area contributed by atoms with Crippen molar-refractivity contribution in [2.75, 3.05) is 39.3 Å². The van der Waals surface area contributed by atoms with Crippen molar-refractivity contribution in [1.82, 2.24) is 14.7 Å². The molecule has 3 fully saturated rings. The highest BCUT2D eigenvalue weighted by molar-refractivity contribution is 5.87. The Morgan fingerprint density at radius 3 is 2.50 bits per heavy atom. The first-order valence-corrected chi connectivity index (χ1v) is 9.81. The molecule has 0 aromatic heterocycles. The Bertz CT molecular complexity index is 473. The lowest BCUT2D eigenvalue weighted by atomic mass is 9.87. The number of hydrogen-bond acceptors (Lipinski definition) is 3. The van der Waals surface area contributed by atoms with Crippen molar-refractivity contribution in [3.05, 3.63) is 0 Å². The van der Waals surface area contributed by atoms with Gasteiger partial charge in [-0.1, -0.05) is 13.8 Å². The number of nitrogens with zero attached hydrogens (tertiary/aromatic N) is 3. The molecule has 0 bridgehead atoms. The summed E-state index contributed by atoms with van der Waals surface area (Å²) in [5.41, 5.74) is -0.0573. The van der Waals surface area contributed by atoms with E-state index < -0.39 is 0 Å². The molecule has 0 aliphatic carbocycles. The Morgan fingerprint density at radius 1 is 1.04 bits per heavy atom. The van der Waals surface area contributed by atoms with E-state index in [1.165, 1.54) is 0 Å². The van der Waals surface area contributed by atoms with Gasteiger partial charge in [0.1, 0.15) is 6.54 Å². The highest BCUT2D eigenvalue weighted by Crippen LogP contribution is 2.39. The van der Waals surface area contributed by atoms with E-state index in [1.54, 1.807) is 0 Å². The second-order valence-corrected chi connectivity index (χ2v) is 8.34. The molecule has 1 spiro atoms. The Balaban J connectivity index is 1.66. The molecule has 3 heterocycles. The average Bonchev–Trinajstić information content (AvgIpc) is 3.11. The zero-order chi connectivity index (χ0) is 17.2. The van der Waals surface area contributed by atoms with Gasteiger partial charge in [0.25, 0.3) is 0 Å². The first kappa shape index (κ1) is 17.7. The zero-order valence-electron chi connectivity index (χ0n) is 15.4. The molecule has 0 aromatic rings. The van der Waals surface area contributed by atoms with Gasteiger partial charge in [0.2, 0.25) is 11.8 Å². The molecule has 0 aromatic carbocycles. The summed E-state index contributed by atoms with van der Waals surface area (Å²) in [6, 6.07) is 0. The van der Waals surface area contributed by atoms with Gasteiger partial charge in [-0.2, -0.15) is 0 Å². The molecule has 136 valence electrons. The molecule has 1 unspecified atom stereocenters. The third-order valence-corrected chi connectivity index (χ3v) is 6.06. The summed E-state index contributed by atoms with van der Waals surface area (Å²) in [4.78, 5) is 31.6. The van der Waals surface area contributed by atoms with Crippen LogP contribution in [0.3, 0.4) is 0 Å². The summed E-state index contributed by atoms with van der Waals surface area (Å²) < 4.78 is 0. The lowest BCUT2D eigenvalue weighted by Gasteiger charge is -2.38. The predicted molar refractivity (Wildman–Crippen MR) is 94.6 cm³/mol. The van der Waals surface area contributed by atoms with Gasteiger partial charge in [0.05, 0.1) is 0 Å². The van der Waals surface area contributed by atoms with Crippen molar-refractivity contribution in [3.63, 3.8) is 0 Å². The number of rotatable bonds is 4. The van der Waals surface area contributed by atoms with E-state index in [2.05, 4.69) is 18.7 Å². The number of carbonyl (C=O) groups excluding carboxylic acids is 2. The van der Waals surface area contributed by atoms with E-state index in [4.69, 9.17) is 0 Å². The Hall–Kier alpha value is -1.10. The van der Waals surface area contributed by atoms with Gasteiger partial charge >= 0.3 is 0 Å². The van der Waals surface area contributed by atoms with Crippen molar-refractivity contribution in [1.29, 1.82) is 0 Å². The number of likely N-dealkylation sites (tertiary alicyclic amines) is 3. The van der Waals surface area contributed by atoms with Crippen LogP contribution in [0.4, 0.5) is 0 Å². The first-order valence-electron chi connectivity index (χ1n) is 9.81. The van der Waals surface area contributed by atoms with E-state index in [1.807, 2.05) is 9.80 Å². The monoisotopic (exact) mass is 335 g/mol. The quantitative estimate of drug-likeness (QED) is 0.790. The summed E-state index contributed by atoms with van der Waals surface area (Å²) in [5, 5.41) is 0. The molecule has 2 amide bonds. The van der Waals surface area contributed by atoms with Gasteiger partial charge in [0.15, 0.2) is 0 Å². The first-order chi connectivity index (χ1) is 11.5. The van der Waals surface area contributed by atoms with Gasteiger partial charge in [0, 0.05) is 38.1 Å². The fourth-order valence-corrected chi connectivity index (χ4v) is 4.79. The summed E-state index contributed by atoms with van der Waals surface area (Å²) in [7, 11) is 0. The molecule has 1 atom stereocenters. The largest absolute Gasteiger partial charge is 0.341 e. The molecule has 3 rings (SSSR count). The number of carbonyl (C=O) groups is 2. The lowest BCUT2D eigenvalue weighted by molar-refractivity contribution is -0.141. The van der Waals surface area contributed by atoms with Gasteiger partial charge in [-0.15, -0.1) is 0 Å². The van der Waals surface area contributed by atoms with Crippen LogP contribution in [0.5, 0.6) is 0 Å². The van der Waals surface area contributed by atoms with Crippen LogP contribution in [0.1, 0.15) is 58.8 Å². The molecule has 3 aliphatic rings.